The zero-order chi connectivity index (χ0) is 10.8. The van der Waals surface area contributed by atoms with E-state index in [1.807, 2.05) is 13.0 Å². The van der Waals surface area contributed by atoms with Gasteiger partial charge in [0.1, 0.15) is 16.8 Å². The van der Waals surface area contributed by atoms with Gasteiger partial charge in [-0.3, -0.25) is 0 Å². The number of halogens is 1. The van der Waals surface area contributed by atoms with Gasteiger partial charge in [-0.1, -0.05) is 18.5 Å². The first-order valence-electron chi connectivity index (χ1n) is 5.41. The van der Waals surface area contributed by atoms with Gasteiger partial charge >= 0.3 is 0 Å². The first-order valence-corrected chi connectivity index (χ1v) is 5.79. The van der Waals surface area contributed by atoms with Crippen molar-refractivity contribution in [3.63, 3.8) is 0 Å². The summed E-state index contributed by atoms with van der Waals surface area (Å²) in [7, 11) is 0. The van der Waals surface area contributed by atoms with Gasteiger partial charge in [0.25, 0.3) is 0 Å². The van der Waals surface area contributed by atoms with Crippen LogP contribution in [-0.4, -0.2) is 23.1 Å². The van der Waals surface area contributed by atoms with Gasteiger partial charge < -0.3 is 4.90 Å². The van der Waals surface area contributed by atoms with E-state index >= 15 is 0 Å². The number of anilines is 1. The summed E-state index contributed by atoms with van der Waals surface area (Å²) in [5.41, 5.74) is 0. The third-order valence-electron chi connectivity index (χ3n) is 2.90. The van der Waals surface area contributed by atoms with E-state index in [1.54, 1.807) is 0 Å². The molecule has 2 heterocycles. The van der Waals surface area contributed by atoms with Gasteiger partial charge in [-0.15, -0.1) is 0 Å². The predicted octanol–water partition coefficient (Wildman–Crippen LogP) is 2.67. The largest absolute Gasteiger partial charge is 0.356 e. The molecule has 1 aliphatic heterocycles. The maximum absolute atomic E-state index is 5.92. The highest BCUT2D eigenvalue weighted by Crippen LogP contribution is 2.22. The van der Waals surface area contributed by atoms with Crippen molar-refractivity contribution in [1.29, 1.82) is 0 Å². The molecule has 0 bridgehead atoms. The Labute approximate surface area is 95.5 Å². The van der Waals surface area contributed by atoms with Crippen molar-refractivity contribution in [3.8, 4) is 0 Å². The fourth-order valence-corrected chi connectivity index (χ4v) is 2.14. The molecule has 0 N–H and O–H groups in total. The minimum atomic E-state index is 0.538. The number of aromatic nitrogens is 2. The molecule has 0 unspecified atom stereocenters. The highest BCUT2D eigenvalue weighted by atomic mass is 35.5. The third-order valence-corrected chi connectivity index (χ3v) is 3.09. The first-order chi connectivity index (χ1) is 7.15. The van der Waals surface area contributed by atoms with Crippen LogP contribution in [-0.2, 0) is 0 Å². The average molecular weight is 226 g/mol. The van der Waals surface area contributed by atoms with Gasteiger partial charge in [-0.2, -0.15) is 0 Å². The normalized spacial score (nSPS) is 18.2. The molecule has 0 aromatic carbocycles. The summed E-state index contributed by atoms with van der Waals surface area (Å²) in [6.45, 7) is 6.33. The molecule has 15 heavy (non-hydrogen) atoms. The SMILES string of the molecule is Cc1nc(Cl)cc(N2CCC(C)CC2)n1. The Balaban J connectivity index is 2.15. The molecule has 3 nitrogen and oxygen atoms in total. The van der Waals surface area contributed by atoms with E-state index in [0.717, 1.165) is 30.6 Å². The van der Waals surface area contributed by atoms with Crippen molar-refractivity contribution in [1.82, 2.24) is 9.97 Å². The number of nitrogens with zero attached hydrogens (tertiary/aromatic N) is 3. The van der Waals surface area contributed by atoms with Crippen molar-refractivity contribution in [2.45, 2.75) is 26.7 Å². The molecule has 0 spiro atoms. The second-order valence-electron chi connectivity index (χ2n) is 4.27. The van der Waals surface area contributed by atoms with Gasteiger partial charge in [0, 0.05) is 19.2 Å². The van der Waals surface area contributed by atoms with E-state index in [4.69, 9.17) is 11.6 Å². The third kappa shape index (κ3) is 2.59. The zero-order valence-corrected chi connectivity index (χ0v) is 9.96. The number of rotatable bonds is 1. The molecule has 2 rings (SSSR count). The van der Waals surface area contributed by atoms with Crippen LogP contribution in [0.25, 0.3) is 0 Å². The monoisotopic (exact) mass is 225 g/mol. The minimum absolute atomic E-state index is 0.538. The summed E-state index contributed by atoms with van der Waals surface area (Å²) in [6.07, 6.45) is 2.47. The van der Waals surface area contributed by atoms with Crippen LogP contribution in [0.3, 0.4) is 0 Å². The highest BCUT2D eigenvalue weighted by molar-refractivity contribution is 6.29. The Kier molecular flexibility index (Phi) is 3.10. The van der Waals surface area contributed by atoms with Crippen LogP contribution in [0.1, 0.15) is 25.6 Å². The van der Waals surface area contributed by atoms with Gasteiger partial charge in [0.2, 0.25) is 0 Å². The molecule has 0 aliphatic carbocycles. The van der Waals surface area contributed by atoms with Crippen LogP contribution in [0, 0.1) is 12.8 Å². The molecule has 1 aliphatic rings. The molecule has 0 saturated carbocycles. The molecule has 0 atom stereocenters. The second kappa shape index (κ2) is 4.35. The fourth-order valence-electron chi connectivity index (χ4n) is 1.92. The molecule has 1 aromatic heterocycles. The topological polar surface area (TPSA) is 29.0 Å². The smallest absolute Gasteiger partial charge is 0.134 e. The number of hydrogen-bond acceptors (Lipinski definition) is 3. The van der Waals surface area contributed by atoms with Gasteiger partial charge in [-0.05, 0) is 25.7 Å². The standard InChI is InChI=1S/C11H16ClN3/c1-8-3-5-15(6-4-8)11-7-10(12)13-9(2)14-11/h7-8H,3-6H2,1-2H3. The van der Waals surface area contributed by atoms with Crippen molar-refractivity contribution >= 4 is 17.4 Å². The Hall–Kier alpha value is -0.830. The van der Waals surface area contributed by atoms with E-state index in [1.165, 1.54) is 12.8 Å². The first kappa shape index (κ1) is 10.7. The lowest BCUT2D eigenvalue weighted by molar-refractivity contribution is 0.436. The minimum Gasteiger partial charge on any atom is -0.356 e. The fraction of sp³-hybridized carbons (Fsp3) is 0.636. The molecular weight excluding hydrogens is 210 g/mol. The van der Waals surface area contributed by atoms with E-state index < -0.39 is 0 Å². The lowest BCUT2D eigenvalue weighted by atomic mass is 9.99. The van der Waals surface area contributed by atoms with Crippen molar-refractivity contribution < 1.29 is 0 Å². The highest BCUT2D eigenvalue weighted by Gasteiger charge is 2.17. The van der Waals surface area contributed by atoms with Crippen molar-refractivity contribution in [2.24, 2.45) is 5.92 Å². The molecular formula is C11H16ClN3. The Morgan fingerprint density at radius 3 is 2.60 bits per heavy atom. The second-order valence-corrected chi connectivity index (χ2v) is 4.65. The van der Waals surface area contributed by atoms with Crippen LogP contribution >= 0.6 is 11.6 Å². The van der Waals surface area contributed by atoms with Gasteiger partial charge in [0.05, 0.1) is 0 Å². The Morgan fingerprint density at radius 2 is 2.00 bits per heavy atom. The molecule has 82 valence electrons. The zero-order valence-electron chi connectivity index (χ0n) is 9.20. The average Bonchev–Trinajstić information content (AvgIpc) is 2.17. The van der Waals surface area contributed by atoms with Gasteiger partial charge in [0.15, 0.2) is 0 Å². The lowest BCUT2D eigenvalue weighted by Crippen LogP contribution is -2.33. The van der Waals surface area contributed by atoms with Crippen LogP contribution < -0.4 is 4.90 Å². The van der Waals surface area contributed by atoms with Crippen LogP contribution in [0.15, 0.2) is 6.07 Å². The van der Waals surface area contributed by atoms with Crippen molar-refractivity contribution in [3.05, 3.63) is 17.0 Å². The van der Waals surface area contributed by atoms with Crippen molar-refractivity contribution in [2.75, 3.05) is 18.0 Å². The Morgan fingerprint density at radius 1 is 1.33 bits per heavy atom. The molecule has 0 radical (unpaired) electrons. The summed E-state index contributed by atoms with van der Waals surface area (Å²) in [5, 5.41) is 0.538. The molecule has 1 fully saturated rings. The van der Waals surface area contributed by atoms with E-state index in [-0.39, 0.29) is 0 Å². The molecule has 0 amide bonds. The van der Waals surface area contributed by atoms with Gasteiger partial charge in [-0.25, -0.2) is 9.97 Å². The van der Waals surface area contributed by atoms with Crippen LogP contribution in [0.5, 0.6) is 0 Å². The Bertz CT molecular complexity index is 325. The lowest BCUT2D eigenvalue weighted by Gasteiger charge is -2.31. The summed E-state index contributed by atoms with van der Waals surface area (Å²) in [5.74, 6) is 2.55. The number of hydrogen-bond donors (Lipinski definition) is 0. The maximum atomic E-state index is 5.92. The van der Waals surface area contributed by atoms with E-state index in [2.05, 4.69) is 21.8 Å². The number of aryl methyl sites for hydroxylation is 1. The van der Waals surface area contributed by atoms with Crippen LogP contribution in [0.2, 0.25) is 5.15 Å². The molecule has 1 aromatic rings. The summed E-state index contributed by atoms with van der Waals surface area (Å²) >= 11 is 5.92. The summed E-state index contributed by atoms with van der Waals surface area (Å²) in [6, 6.07) is 1.85. The van der Waals surface area contributed by atoms with Crippen LogP contribution in [0.4, 0.5) is 5.82 Å². The van der Waals surface area contributed by atoms with E-state index in [9.17, 15) is 0 Å². The maximum Gasteiger partial charge on any atom is 0.134 e. The molecule has 1 saturated heterocycles. The summed E-state index contributed by atoms with van der Waals surface area (Å²) < 4.78 is 0. The quantitative estimate of drug-likeness (QED) is 0.689. The summed E-state index contributed by atoms with van der Waals surface area (Å²) in [4.78, 5) is 10.8. The predicted molar refractivity (Wildman–Crippen MR) is 62.4 cm³/mol. The molecule has 4 heteroatoms. The number of piperidine rings is 1. The van der Waals surface area contributed by atoms with E-state index in [0.29, 0.717) is 5.15 Å².